The van der Waals surface area contributed by atoms with E-state index in [1.54, 1.807) is 21.7 Å². The van der Waals surface area contributed by atoms with Crippen LogP contribution in [0.25, 0.3) is 0 Å². The summed E-state index contributed by atoms with van der Waals surface area (Å²) < 4.78 is 27.6. The Hall–Kier alpha value is -1.51. The van der Waals surface area contributed by atoms with Crippen molar-refractivity contribution in [1.82, 2.24) is 14.5 Å². The molecule has 0 bridgehead atoms. The number of aryl methyl sites for hydroxylation is 3. The third kappa shape index (κ3) is 3.37. The van der Waals surface area contributed by atoms with Gasteiger partial charge in [0.1, 0.15) is 5.01 Å². The first-order chi connectivity index (χ1) is 12.6. The summed E-state index contributed by atoms with van der Waals surface area (Å²) in [5, 5.41) is 10.5. The topological polar surface area (TPSA) is 66.4 Å². The third-order valence-corrected chi connectivity index (χ3v) is 8.08. The second kappa shape index (κ2) is 7.25. The van der Waals surface area contributed by atoms with Crippen LogP contribution in [0.3, 0.4) is 0 Å². The summed E-state index contributed by atoms with van der Waals surface area (Å²) in [6.45, 7) is 4.42. The van der Waals surface area contributed by atoms with Crippen LogP contribution in [0, 0.1) is 0 Å². The fourth-order valence-corrected chi connectivity index (χ4v) is 6.13. The number of anilines is 1. The number of aromatic nitrogens is 2. The van der Waals surface area contributed by atoms with Crippen molar-refractivity contribution in [1.29, 1.82) is 0 Å². The maximum atomic E-state index is 13.0. The van der Waals surface area contributed by atoms with Gasteiger partial charge in [-0.1, -0.05) is 24.3 Å². The highest BCUT2D eigenvalue weighted by atomic mass is 32.2. The van der Waals surface area contributed by atoms with Crippen molar-refractivity contribution in [2.45, 2.75) is 43.9 Å². The smallest absolute Gasteiger partial charge is 0.243 e. The average molecular weight is 393 g/mol. The zero-order valence-corrected chi connectivity index (χ0v) is 16.7. The van der Waals surface area contributed by atoms with Gasteiger partial charge in [0.2, 0.25) is 15.2 Å². The molecule has 0 radical (unpaired) electrons. The van der Waals surface area contributed by atoms with Crippen LogP contribution in [0.1, 0.15) is 35.9 Å². The van der Waals surface area contributed by atoms with Gasteiger partial charge in [0.25, 0.3) is 0 Å². The molecule has 0 amide bonds. The van der Waals surface area contributed by atoms with E-state index in [1.165, 1.54) is 11.1 Å². The number of hydrogen-bond acceptors (Lipinski definition) is 6. The van der Waals surface area contributed by atoms with E-state index in [-0.39, 0.29) is 0 Å². The highest BCUT2D eigenvalue weighted by Gasteiger charge is 2.30. The minimum absolute atomic E-state index is 0.438. The highest BCUT2D eigenvalue weighted by Crippen LogP contribution is 2.28. The Morgan fingerprint density at radius 1 is 1.08 bits per heavy atom. The molecule has 26 heavy (non-hydrogen) atoms. The summed E-state index contributed by atoms with van der Waals surface area (Å²) in [5.74, 6) is 0. The fourth-order valence-electron chi connectivity index (χ4n) is 3.66. The molecule has 1 saturated heterocycles. The molecule has 1 aliphatic heterocycles. The predicted molar refractivity (Wildman–Crippen MR) is 103 cm³/mol. The average Bonchev–Trinajstić information content (AvgIpc) is 3.30. The van der Waals surface area contributed by atoms with Crippen molar-refractivity contribution in [2.24, 2.45) is 0 Å². The first kappa shape index (κ1) is 17.9. The minimum Gasteiger partial charge on any atom is -0.344 e. The standard InChI is InChI=1S/C18H24N4O2S2/c1-2-4-17-19-20-18(25-17)21-9-11-22(12-10-21)26(23,24)16-8-7-14-5-3-6-15(14)13-16/h7-8,13H,2-6,9-12H2,1H3. The summed E-state index contributed by atoms with van der Waals surface area (Å²) in [4.78, 5) is 2.58. The zero-order valence-electron chi connectivity index (χ0n) is 15.0. The van der Waals surface area contributed by atoms with Crippen LogP contribution in [0.4, 0.5) is 5.13 Å². The summed E-state index contributed by atoms with van der Waals surface area (Å²) in [6, 6.07) is 5.64. The van der Waals surface area contributed by atoms with Gasteiger partial charge in [0, 0.05) is 32.6 Å². The number of sulfonamides is 1. The van der Waals surface area contributed by atoms with E-state index < -0.39 is 10.0 Å². The first-order valence-corrected chi connectivity index (χ1v) is 11.5. The lowest BCUT2D eigenvalue weighted by molar-refractivity contribution is 0.384. The van der Waals surface area contributed by atoms with Crippen LogP contribution >= 0.6 is 11.3 Å². The van der Waals surface area contributed by atoms with E-state index in [2.05, 4.69) is 22.0 Å². The molecule has 0 atom stereocenters. The van der Waals surface area contributed by atoms with Gasteiger partial charge in [-0.05, 0) is 48.9 Å². The van der Waals surface area contributed by atoms with Crippen molar-refractivity contribution >= 4 is 26.5 Å². The Bertz CT molecular complexity index is 886. The molecule has 1 aromatic heterocycles. The Kier molecular flexibility index (Phi) is 4.98. The number of rotatable bonds is 5. The minimum atomic E-state index is -3.42. The molecule has 140 valence electrons. The number of hydrogen-bond donors (Lipinski definition) is 0. The highest BCUT2D eigenvalue weighted by molar-refractivity contribution is 7.89. The van der Waals surface area contributed by atoms with Crippen molar-refractivity contribution in [3.8, 4) is 0 Å². The van der Waals surface area contributed by atoms with E-state index in [9.17, 15) is 8.42 Å². The second-order valence-corrected chi connectivity index (χ2v) is 9.88. The lowest BCUT2D eigenvalue weighted by Gasteiger charge is -2.33. The van der Waals surface area contributed by atoms with E-state index in [4.69, 9.17) is 0 Å². The zero-order chi connectivity index (χ0) is 18.1. The van der Waals surface area contributed by atoms with Gasteiger partial charge >= 0.3 is 0 Å². The van der Waals surface area contributed by atoms with Gasteiger partial charge in [0.05, 0.1) is 4.90 Å². The van der Waals surface area contributed by atoms with Crippen molar-refractivity contribution in [3.63, 3.8) is 0 Å². The Morgan fingerprint density at radius 3 is 2.62 bits per heavy atom. The van der Waals surface area contributed by atoms with Crippen LogP contribution in [0.5, 0.6) is 0 Å². The summed E-state index contributed by atoms with van der Waals surface area (Å²) >= 11 is 1.62. The summed E-state index contributed by atoms with van der Waals surface area (Å²) in [6.07, 6.45) is 5.19. The van der Waals surface area contributed by atoms with Gasteiger partial charge in [-0.15, -0.1) is 10.2 Å². The molecule has 8 heteroatoms. The molecular formula is C18H24N4O2S2. The molecule has 0 spiro atoms. The van der Waals surface area contributed by atoms with Crippen LogP contribution in [0.2, 0.25) is 0 Å². The van der Waals surface area contributed by atoms with Gasteiger partial charge in [-0.3, -0.25) is 0 Å². The molecule has 1 aromatic carbocycles. The maximum absolute atomic E-state index is 13.0. The third-order valence-electron chi connectivity index (χ3n) is 5.14. The van der Waals surface area contributed by atoms with Crippen molar-refractivity contribution < 1.29 is 8.42 Å². The van der Waals surface area contributed by atoms with E-state index in [0.717, 1.165) is 42.2 Å². The van der Waals surface area contributed by atoms with Crippen LogP contribution in [-0.4, -0.2) is 49.1 Å². The molecule has 0 N–H and O–H groups in total. The molecule has 0 saturated carbocycles. The van der Waals surface area contributed by atoms with Gasteiger partial charge in [-0.25, -0.2) is 8.42 Å². The molecular weight excluding hydrogens is 368 g/mol. The lowest BCUT2D eigenvalue weighted by atomic mass is 10.1. The number of fused-ring (bicyclic) bond motifs is 1. The predicted octanol–water partition coefficient (Wildman–Crippen LogP) is 2.49. The molecule has 6 nitrogen and oxygen atoms in total. The fraction of sp³-hybridized carbons (Fsp3) is 0.556. The Morgan fingerprint density at radius 2 is 1.85 bits per heavy atom. The number of benzene rings is 1. The van der Waals surface area contributed by atoms with Crippen LogP contribution < -0.4 is 4.90 Å². The van der Waals surface area contributed by atoms with Crippen LogP contribution in [-0.2, 0) is 29.3 Å². The molecule has 1 aliphatic carbocycles. The molecule has 2 aromatic rings. The van der Waals surface area contributed by atoms with E-state index in [1.807, 2.05) is 12.1 Å². The normalized spacial score (nSPS) is 18.3. The molecule has 4 rings (SSSR count). The summed E-state index contributed by atoms with van der Waals surface area (Å²) in [7, 11) is -3.42. The SMILES string of the molecule is CCCc1nnc(N2CCN(S(=O)(=O)c3ccc4c(c3)CCC4)CC2)s1. The van der Waals surface area contributed by atoms with Gasteiger partial charge < -0.3 is 4.90 Å². The monoisotopic (exact) mass is 392 g/mol. The van der Waals surface area contributed by atoms with Crippen molar-refractivity contribution in [2.75, 3.05) is 31.1 Å². The second-order valence-electron chi connectivity index (χ2n) is 6.90. The molecule has 1 fully saturated rings. The maximum Gasteiger partial charge on any atom is 0.243 e. The number of piperazine rings is 1. The summed E-state index contributed by atoms with van der Waals surface area (Å²) in [5.41, 5.74) is 2.50. The largest absolute Gasteiger partial charge is 0.344 e. The van der Waals surface area contributed by atoms with Crippen LogP contribution in [0.15, 0.2) is 23.1 Å². The van der Waals surface area contributed by atoms with Gasteiger partial charge in [0.15, 0.2) is 0 Å². The van der Waals surface area contributed by atoms with E-state index in [0.29, 0.717) is 31.1 Å². The number of nitrogens with zero attached hydrogens (tertiary/aromatic N) is 4. The van der Waals surface area contributed by atoms with E-state index >= 15 is 0 Å². The van der Waals surface area contributed by atoms with Gasteiger partial charge in [-0.2, -0.15) is 4.31 Å². The quantitative estimate of drug-likeness (QED) is 0.782. The Balaban J connectivity index is 1.45. The first-order valence-electron chi connectivity index (χ1n) is 9.27. The molecule has 2 aliphatic rings. The Labute approximate surface area is 158 Å². The molecule has 0 unspecified atom stereocenters. The lowest BCUT2D eigenvalue weighted by Crippen LogP contribution is -2.48. The van der Waals surface area contributed by atoms with Crippen molar-refractivity contribution in [3.05, 3.63) is 34.3 Å². The molecule has 2 heterocycles.